The molecule has 28 heavy (non-hydrogen) atoms. The molecular weight excluding hydrogens is 348 g/mol. The Hall–Kier alpha value is -3.54. The van der Waals surface area contributed by atoms with Crippen molar-refractivity contribution in [2.75, 3.05) is 16.8 Å². The maximum atomic E-state index is 4.82. The van der Waals surface area contributed by atoms with Gasteiger partial charge in [0.05, 0.1) is 6.20 Å². The topological polar surface area (TPSA) is 66.8 Å². The van der Waals surface area contributed by atoms with Gasteiger partial charge in [-0.05, 0) is 42.2 Å². The fourth-order valence-electron chi connectivity index (χ4n) is 3.61. The van der Waals surface area contributed by atoms with E-state index in [1.807, 2.05) is 12.1 Å². The SMILES string of the molecule is Cc1cccc(Nc2ncnc3cnc(N4CCc5ccccc5C4)nc23)c1. The third-order valence-corrected chi connectivity index (χ3v) is 5.06. The molecule has 138 valence electrons. The van der Waals surface area contributed by atoms with Gasteiger partial charge >= 0.3 is 0 Å². The van der Waals surface area contributed by atoms with Crippen LogP contribution in [0.4, 0.5) is 17.5 Å². The van der Waals surface area contributed by atoms with Crippen LogP contribution in [-0.4, -0.2) is 26.5 Å². The van der Waals surface area contributed by atoms with Crippen molar-refractivity contribution in [1.82, 2.24) is 19.9 Å². The summed E-state index contributed by atoms with van der Waals surface area (Å²) in [6.07, 6.45) is 4.32. The number of hydrogen-bond acceptors (Lipinski definition) is 6. The zero-order valence-electron chi connectivity index (χ0n) is 15.6. The highest BCUT2D eigenvalue weighted by atomic mass is 15.3. The molecule has 0 amide bonds. The molecular formula is C22H20N6. The molecule has 0 spiro atoms. The van der Waals surface area contributed by atoms with Gasteiger partial charge in [-0.1, -0.05) is 36.4 Å². The van der Waals surface area contributed by atoms with Gasteiger partial charge in [-0.25, -0.2) is 19.9 Å². The zero-order valence-corrected chi connectivity index (χ0v) is 15.6. The number of rotatable bonds is 3. The Kier molecular flexibility index (Phi) is 4.09. The minimum atomic E-state index is 0.691. The second kappa shape index (κ2) is 6.88. The van der Waals surface area contributed by atoms with Gasteiger partial charge in [-0.3, -0.25) is 0 Å². The Morgan fingerprint density at radius 3 is 2.75 bits per heavy atom. The van der Waals surface area contributed by atoms with Gasteiger partial charge in [-0.2, -0.15) is 0 Å². The van der Waals surface area contributed by atoms with Gasteiger partial charge in [0, 0.05) is 18.8 Å². The lowest BCUT2D eigenvalue weighted by molar-refractivity contribution is 0.710. The summed E-state index contributed by atoms with van der Waals surface area (Å²) in [6.45, 7) is 3.78. The Labute approximate surface area is 163 Å². The highest BCUT2D eigenvalue weighted by Gasteiger charge is 2.19. The van der Waals surface area contributed by atoms with E-state index in [0.717, 1.165) is 36.2 Å². The average molecular weight is 368 g/mol. The predicted octanol–water partition coefficient (Wildman–Crippen LogP) is 4.03. The van der Waals surface area contributed by atoms with Crippen molar-refractivity contribution in [1.29, 1.82) is 0 Å². The Morgan fingerprint density at radius 2 is 1.86 bits per heavy atom. The van der Waals surface area contributed by atoms with E-state index in [1.165, 1.54) is 16.7 Å². The second-order valence-electron chi connectivity index (χ2n) is 7.06. The van der Waals surface area contributed by atoms with Crippen molar-refractivity contribution in [3.05, 3.63) is 77.7 Å². The van der Waals surface area contributed by atoms with Gasteiger partial charge in [0.1, 0.15) is 17.4 Å². The molecule has 6 nitrogen and oxygen atoms in total. The van der Waals surface area contributed by atoms with E-state index in [-0.39, 0.29) is 0 Å². The van der Waals surface area contributed by atoms with E-state index in [1.54, 1.807) is 12.5 Å². The number of benzene rings is 2. The summed E-state index contributed by atoms with van der Waals surface area (Å²) in [7, 11) is 0. The summed E-state index contributed by atoms with van der Waals surface area (Å²) in [5.74, 6) is 1.40. The van der Waals surface area contributed by atoms with Crippen LogP contribution in [0.15, 0.2) is 61.1 Å². The number of aryl methyl sites for hydroxylation is 1. The van der Waals surface area contributed by atoms with Crippen molar-refractivity contribution in [3.63, 3.8) is 0 Å². The van der Waals surface area contributed by atoms with E-state index in [4.69, 9.17) is 4.98 Å². The Morgan fingerprint density at radius 1 is 0.964 bits per heavy atom. The third kappa shape index (κ3) is 3.13. The number of anilines is 3. The van der Waals surface area contributed by atoms with E-state index < -0.39 is 0 Å². The molecule has 6 heteroatoms. The maximum absolute atomic E-state index is 4.82. The first-order valence-electron chi connectivity index (χ1n) is 9.39. The molecule has 3 heterocycles. The summed E-state index contributed by atoms with van der Waals surface area (Å²) in [6, 6.07) is 16.7. The molecule has 2 aromatic carbocycles. The predicted molar refractivity (Wildman–Crippen MR) is 111 cm³/mol. The molecule has 1 aliphatic heterocycles. The van der Waals surface area contributed by atoms with Crippen molar-refractivity contribution < 1.29 is 0 Å². The maximum Gasteiger partial charge on any atom is 0.226 e. The molecule has 0 fully saturated rings. The molecule has 4 aromatic rings. The third-order valence-electron chi connectivity index (χ3n) is 5.06. The molecule has 0 unspecified atom stereocenters. The van der Waals surface area contributed by atoms with Crippen molar-refractivity contribution in [3.8, 4) is 0 Å². The minimum absolute atomic E-state index is 0.691. The van der Waals surface area contributed by atoms with Crippen LogP contribution in [0.25, 0.3) is 11.0 Å². The van der Waals surface area contributed by atoms with Gasteiger partial charge in [0.15, 0.2) is 5.82 Å². The first kappa shape index (κ1) is 16.6. The van der Waals surface area contributed by atoms with Gasteiger partial charge in [0.2, 0.25) is 5.95 Å². The number of hydrogen-bond donors (Lipinski definition) is 1. The van der Waals surface area contributed by atoms with E-state index in [0.29, 0.717) is 11.8 Å². The lowest BCUT2D eigenvalue weighted by Crippen LogP contribution is -2.31. The molecule has 2 aromatic heterocycles. The highest BCUT2D eigenvalue weighted by molar-refractivity contribution is 5.87. The van der Waals surface area contributed by atoms with Crippen LogP contribution in [0.5, 0.6) is 0 Å². The fourth-order valence-corrected chi connectivity index (χ4v) is 3.61. The number of aromatic nitrogens is 4. The highest BCUT2D eigenvalue weighted by Crippen LogP contribution is 2.26. The van der Waals surface area contributed by atoms with Crippen LogP contribution in [0, 0.1) is 6.92 Å². The molecule has 0 radical (unpaired) electrons. The van der Waals surface area contributed by atoms with Crippen LogP contribution in [-0.2, 0) is 13.0 Å². The average Bonchev–Trinajstić information content (AvgIpc) is 2.73. The standard InChI is InChI=1S/C22H20N6/c1-15-5-4-8-18(11-15)26-21-20-19(24-14-25-21)12-23-22(27-20)28-10-9-16-6-2-3-7-17(16)13-28/h2-8,11-12,14H,9-10,13H2,1H3,(H,24,25,26). The molecule has 1 aliphatic rings. The zero-order chi connectivity index (χ0) is 18.9. The fraction of sp³-hybridized carbons (Fsp3) is 0.182. The van der Waals surface area contributed by atoms with Crippen LogP contribution < -0.4 is 10.2 Å². The second-order valence-corrected chi connectivity index (χ2v) is 7.06. The normalized spacial score (nSPS) is 13.4. The van der Waals surface area contributed by atoms with E-state index in [2.05, 4.69) is 68.5 Å². The molecule has 0 saturated carbocycles. The van der Waals surface area contributed by atoms with Crippen LogP contribution >= 0.6 is 0 Å². The lowest BCUT2D eigenvalue weighted by atomic mass is 10.0. The number of nitrogens with one attached hydrogen (secondary N) is 1. The summed E-state index contributed by atoms with van der Waals surface area (Å²) in [4.78, 5) is 20.3. The van der Waals surface area contributed by atoms with Gasteiger partial charge in [0.25, 0.3) is 0 Å². The smallest absolute Gasteiger partial charge is 0.226 e. The molecule has 5 rings (SSSR count). The summed E-state index contributed by atoms with van der Waals surface area (Å²) in [5, 5.41) is 3.37. The molecule has 0 saturated heterocycles. The largest absolute Gasteiger partial charge is 0.338 e. The lowest BCUT2D eigenvalue weighted by Gasteiger charge is -2.28. The van der Waals surface area contributed by atoms with Crippen molar-refractivity contribution in [2.45, 2.75) is 19.9 Å². The van der Waals surface area contributed by atoms with Crippen LogP contribution in [0.1, 0.15) is 16.7 Å². The van der Waals surface area contributed by atoms with Crippen molar-refractivity contribution >= 4 is 28.5 Å². The summed E-state index contributed by atoms with van der Waals surface area (Å²) in [5.41, 5.74) is 6.36. The number of fused-ring (bicyclic) bond motifs is 2. The molecule has 0 bridgehead atoms. The molecule has 0 atom stereocenters. The Bertz CT molecular complexity index is 1160. The van der Waals surface area contributed by atoms with Gasteiger partial charge in [-0.15, -0.1) is 0 Å². The first-order chi connectivity index (χ1) is 13.8. The van der Waals surface area contributed by atoms with Crippen molar-refractivity contribution in [2.24, 2.45) is 0 Å². The van der Waals surface area contributed by atoms with Gasteiger partial charge < -0.3 is 10.2 Å². The van der Waals surface area contributed by atoms with E-state index in [9.17, 15) is 0 Å². The Balaban J connectivity index is 1.50. The van der Waals surface area contributed by atoms with Crippen LogP contribution in [0.2, 0.25) is 0 Å². The monoisotopic (exact) mass is 368 g/mol. The number of nitrogens with zero attached hydrogens (tertiary/aromatic N) is 5. The van der Waals surface area contributed by atoms with Crippen LogP contribution in [0.3, 0.4) is 0 Å². The van der Waals surface area contributed by atoms with E-state index >= 15 is 0 Å². The summed E-state index contributed by atoms with van der Waals surface area (Å²) >= 11 is 0. The summed E-state index contributed by atoms with van der Waals surface area (Å²) < 4.78 is 0. The minimum Gasteiger partial charge on any atom is -0.338 e. The first-order valence-corrected chi connectivity index (χ1v) is 9.39. The molecule has 0 aliphatic carbocycles. The quantitative estimate of drug-likeness (QED) is 0.589. The molecule has 1 N–H and O–H groups in total.